The molecule has 8 nitrogen and oxygen atoms in total. The summed E-state index contributed by atoms with van der Waals surface area (Å²) in [6.45, 7) is 5.15. The van der Waals surface area contributed by atoms with Gasteiger partial charge in [0.25, 0.3) is 5.91 Å². The van der Waals surface area contributed by atoms with Crippen molar-refractivity contribution in [1.82, 2.24) is 15.6 Å². The van der Waals surface area contributed by atoms with Crippen LogP contribution in [0.15, 0.2) is 24.3 Å². The largest absolute Gasteiger partial charge is 0.382 e. The number of piperidine rings is 1. The fourth-order valence-electron chi connectivity index (χ4n) is 3.47. The molecule has 0 saturated carbocycles. The summed E-state index contributed by atoms with van der Waals surface area (Å²) in [6, 6.07) is 8.32. The monoisotopic (exact) mass is 402 g/mol. The normalized spacial score (nSPS) is 20.0. The summed E-state index contributed by atoms with van der Waals surface area (Å²) in [5.74, 6) is 0.109. The van der Waals surface area contributed by atoms with Crippen LogP contribution in [0.5, 0.6) is 0 Å². The smallest absolute Gasteiger partial charge is 0.265 e. The van der Waals surface area contributed by atoms with Gasteiger partial charge in [0.2, 0.25) is 0 Å². The van der Waals surface area contributed by atoms with Crippen molar-refractivity contribution in [2.75, 3.05) is 55.3 Å². The summed E-state index contributed by atoms with van der Waals surface area (Å²) in [5.41, 5.74) is 8.07. The van der Waals surface area contributed by atoms with Gasteiger partial charge in [0, 0.05) is 37.1 Å². The maximum Gasteiger partial charge on any atom is 0.265 e. The van der Waals surface area contributed by atoms with E-state index in [1.165, 1.54) is 17.0 Å². The van der Waals surface area contributed by atoms with Gasteiger partial charge in [-0.1, -0.05) is 11.3 Å². The summed E-state index contributed by atoms with van der Waals surface area (Å²) >= 11 is 1.28. The molecule has 2 aliphatic heterocycles. The number of nitrogens with one attached hydrogen (secondary N) is 3. The van der Waals surface area contributed by atoms with E-state index in [4.69, 9.17) is 10.5 Å². The number of thiazole rings is 1. The number of nitrogen functional groups attached to an aromatic ring is 1. The van der Waals surface area contributed by atoms with Crippen LogP contribution in [0.3, 0.4) is 0 Å². The Bertz CT molecular complexity index is 797. The zero-order valence-corrected chi connectivity index (χ0v) is 16.6. The highest BCUT2D eigenvalue weighted by molar-refractivity contribution is 7.18. The molecule has 0 unspecified atom stereocenters. The first-order valence-corrected chi connectivity index (χ1v) is 10.5. The zero-order chi connectivity index (χ0) is 19.3. The summed E-state index contributed by atoms with van der Waals surface area (Å²) in [4.78, 5) is 19.6. The van der Waals surface area contributed by atoms with Crippen LogP contribution in [0, 0.1) is 0 Å². The summed E-state index contributed by atoms with van der Waals surface area (Å²) < 4.78 is 5.40. The lowest BCUT2D eigenvalue weighted by atomic mass is 10.1. The summed E-state index contributed by atoms with van der Waals surface area (Å²) in [6.07, 6.45) is 2.05. The van der Waals surface area contributed by atoms with Crippen LogP contribution in [0.1, 0.15) is 22.5 Å². The lowest BCUT2D eigenvalue weighted by Gasteiger charge is -2.28. The van der Waals surface area contributed by atoms with Crippen molar-refractivity contribution < 1.29 is 9.53 Å². The molecule has 1 amide bonds. The van der Waals surface area contributed by atoms with Gasteiger partial charge in [0.1, 0.15) is 10.7 Å². The van der Waals surface area contributed by atoms with E-state index in [2.05, 4.69) is 38.0 Å². The average molecular weight is 403 g/mol. The van der Waals surface area contributed by atoms with Crippen molar-refractivity contribution in [2.24, 2.45) is 0 Å². The van der Waals surface area contributed by atoms with Crippen LogP contribution in [0.2, 0.25) is 0 Å². The van der Waals surface area contributed by atoms with Gasteiger partial charge in [-0.15, -0.1) is 0 Å². The number of amides is 1. The molecule has 4 rings (SSSR count). The van der Waals surface area contributed by atoms with E-state index in [-0.39, 0.29) is 17.8 Å². The molecule has 1 aromatic heterocycles. The Morgan fingerprint density at radius 1 is 1.29 bits per heavy atom. The third-order valence-electron chi connectivity index (χ3n) is 4.99. The average Bonchev–Trinajstić information content (AvgIpc) is 3.10. The Kier molecular flexibility index (Phi) is 5.94. The molecule has 5 N–H and O–H groups in total. The van der Waals surface area contributed by atoms with Gasteiger partial charge >= 0.3 is 0 Å². The molecule has 2 aliphatic rings. The molecule has 2 saturated heterocycles. The second-order valence-electron chi connectivity index (χ2n) is 7.02. The molecule has 0 spiro atoms. The fraction of sp³-hybridized carbons (Fsp3) is 0.474. The van der Waals surface area contributed by atoms with Crippen LogP contribution in [0.4, 0.5) is 22.3 Å². The Morgan fingerprint density at radius 2 is 2.07 bits per heavy atom. The number of anilines is 4. The van der Waals surface area contributed by atoms with Gasteiger partial charge in [0.15, 0.2) is 5.13 Å². The number of aromatic nitrogens is 1. The topological polar surface area (TPSA) is 105 Å². The fourth-order valence-corrected chi connectivity index (χ4v) is 4.28. The molecule has 3 heterocycles. The lowest BCUT2D eigenvalue weighted by Crippen LogP contribution is -2.45. The van der Waals surface area contributed by atoms with Crippen molar-refractivity contribution in [3.05, 3.63) is 29.1 Å². The molecule has 2 aromatic rings. The second kappa shape index (κ2) is 8.76. The molecule has 150 valence electrons. The number of ether oxygens (including phenoxy) is 1. The van der Waals surface area contributed by atoms with Crippen molar-refractivity contribution >= 4 is 39.6 Å². The first-order chi connectivity index (χ1) is 13.7. The van der Waals surface area contributed by atoms with Crippen LogP contribution in [0.25, 0.3) is 0 Å². The standard InChI is InChI=1S/C19H26N6O2S/c20-17-16(18(26)22-14-2-1-7-21-12-14)28-19(24-17)23-13-3-5-15(6-4-13)25-8-10-27-11-9-25/h3-6,14,21H,1-2,7-12,20H2,(H,22,26)(H,23,24)/t14-/m0/s1. The van der Waals surface area contributed by atoms with Crippen LogP contribution in [-0.2, 0) is 4.74 Å². The van der Waals surface area contributed by atoms with Crippen molar-refractivity contribution in [3.63, 3.8) is 0 Å². The molecular weight excluding hydrogens is 376 g/mol. The maximum absolute atomic E-state index is 12.5. The zero-order valence-electron chi connectivity index (χ0n) is 15.7. The predicted molar refractivity (Wildman–Crippen MR) is 113 cm³/mol. The molecule has 1 aromatic carbocycles. The molecule has 0 bridgehead atoms. The van der Waals surface area contributed by atoms with E-state index < -0.39 is 0 Å². The number of benzene rings is 1. The molecule has 1 atom stereocenters. The maximum atomic E-state index is 12.5. The van der Waals surface area contributed by atoms with E-state index in [0.29, 0.717) is 10.0 Å². The molecule has 0 radical (unpaired) electrons. The van der Waals surface area contributed by atoms with Gasteiger partial charge in [-0.3, -0.25) is 4.79 Å². The van der Waals surface area contributed by atoms with Crippen molar-refractivity contribution in [3.8, 4) is 0 Å². The number of carbonyl (C=O) groups is 1. The molecule has 2 fully saturated rings. The number of nitrogens with zero attached hydrogens (tertiary/aromatic N) is 2. The number of morpholine rings is 1. The van der Waals surface area contributed by atoms with Gasteiger partial charge in [-0.05, 0) is 43.7 Å². The first-order valence-electron chi connectivity index (χ1n) is 9.67. The van der Waals surface area contributed by atoms with Crippen LogP contribution < -0.4 is 26.6 Å². The number of rotatable bonds is 5. The lowest BCUT2D eigenvalue weighted by molar-refractivity contribution is 0.0935. The number of carbonyl (C=O) groups excluding carboxylic acids is 1. The van der Waals surface area contributed by atoms with Gasteiger partial charge in [-0.2, -0.15) is 0 Å². The first kappa shape index (κ1) is 19.0. The van der Waals surface area contributed by atoms with Gasteiger partial charge < -0.3 is 31.3 Å². The third-order valence-corrected chi connectivity index (χ3v) is 5.97. The van der Waals surface area contributed by atoms with E-state index in [1.54, 1.807) is 0 Å². The molecule has 28 heavy (non-hydrogen) atoms. The SMILES string of the molecule is Nc1nc(Nc2ccc(N3CCOCC3)cc2)sc1C(=O)N[C@H]1CCCNC1. The second-order valence-corrected chi connectivity index (χ2v) is 8.02. The minimum absolute atomic E-state index is 0.145. The van der Waals surface area contributed by atoms with E-state index in [9.17, 15) is 4.79 Å². The van der Waals surface area contributed by atoms with Crippen LogP contribution in [-0.4, -0.2) is 56.3 Å². The van der Waals surface area contributed by atoms with E-state index in [0.717, 1.165) is 57.9 Å². The Morgan fingerprint density at radius 3 is 2.79 bits per heavy atom. The Balaban J connectivity index is 1.38. The minimum Gasteiger partial charge on any atom is -0.382 e. The molecular formula is C19H26N6O2S. The number of hydrogen-bond acceptors (Lipinski definition) is 8. The number of nitrogens with two attached hydrogens (primary N) is 1. The summed E-state index contributed by atoms with van der Waals surface area (Å²) in [5, 5.41) is 10.2. The number of hydrogen-bond donors (Lipinski definition) is 4. The van der Waals surface area contributed by atoms with E-state index >= 15 is 0 Å². The molecule has 9 heteroatoms. The highest BCUT2D eigenvalue weighted by atomic mass is 32.1. The van der Waals surface area contributed by atoms with Gasteiger partial charge in [-0.25, -0.2) is 4.98 Å². The molecule has 0 aliphatic carbocycles. The quantitative estimate of drug-likeness (QED) is 0.604. The predicted octanol–water partition coefficient (Wildman–Crippen LogP) is 1.79. The highest BCUT2D eigenvalue weighted by Gasteiger charge is 2.21. The minimum atomic E-state index is -0.153. The van der Waals surface area contributed by atoms with E-state index in [1.807, 2.05) is 12.1 Å². The van der Waals surface area contributed by atoms with Gasteiger partial charge in [0.05, 0.1) is 13.2 Å². The Labute approximate surface area is 168 Å². The van der Waals surface area contributed by atoms with Crippen molar-refractivity contribution in [1.29, 1.82) is 0 Å². The third kappa shape index (κ3) is 4.54. The van der Waals surface area contributed by atoms with Crippen molar-refractivity contribution in [2.45, 2.75) is 18.9 Å². The highest BCUT2D eigenvalue weighted by Crippen LogP contribution is 2.29. The summed E-state index contributed by atoms with van der Waals surface area (Å²) in [7, 11) is 0. The van der Waals surface area contributed by atoms with Crippen LogP contribution >= 0.6 is 11.3 Å². The Hall–Kier alpha value is -2.36.